The van der Waals surface area contributed by atoms with Crippen LogP contribution in [0.2, 0.25) is 0 Å². The van der Waals surface area contributed by atoms with Crippen LogP contribution in [0.4, 0.5) is 5.69 Å². The maximum atomic E-state index is 12.9. The van der Waals surface area contributed by atoms with Crippen molar-refractivity contribution in [3.63, 3.8) is 0 Å². The second-order valence-electron chi connectivity index (χ2n) is 6.09. The lowest BCUT2D eigenvalue weighted by Crippen LogP contribution is -2.49. The van der Waals surface area contributed by atoms with E-state index >= 15 is 0 Å². The fraction of sp³-hybridized carbons (Fsp3) is 0.238. The number of ether oxygens (including phenoxy) is 3. The van der Waals surface area contributed by atoms with Crippen molar-refractivity contribution in [1.29, 1.82) is 0 Å². The first-order valence-electron chi connectivity index (χ1n) is 8.76. The first-order valence-corrected chi connectivity index (χ1v) is 8.76. The van der Waals surface area contributed by atoms with E-state index in [0.29, 0.717) is 22.9 Å². The number of amides is 2. The fourth-order valence-electron chi connectivity index (χ4n) is 2.95. The zero-order valence-corrected chi connectivity index (χ0v) is 16.0. The molecule has 0 aromatic heterocycles. The van der Waals surface area contributed by atoms with Crippen molar-refractivity contribution in [3.05, 3.63) is 54.1 Å². The Morgan fingerprint density at radius 2 is 1.89 bits per heavy atom. The molecule has 2 aromatic rings. The lowest BCUT2D eigenvalue weighted by atomic mass is 10.1. The second-order valence-corrected chi connectivity index (χ2v) is 6.09. The molecule has 0 radical (unpaired) electrons. The van der Waals surface area contributed by atoms with E-state index < -0.39 is 6.10 Å². The zero-order valence-electron chi connectivity index (χ0n) is 16.0. The summed E-state index contributed by atoms with van der Waals surface area (Å²) in [6, 6.07) is 12.5. The number of methoxy groups -OCH3 is 2. The molecule has 1 aliphatic rings. The Labute approximate surface area is 163 Å². The third kappa shape index (κ3) is 3.93. The van der Waals surface area contributed by atoms with Gasteiger partial charge >= 0.3 is 0 Å². The van der Waals surface area contributed by atoms with E-state index in [9.17, 15) is 9.59 Å². The number of para-hydroxylation sites is 2. The van der Waals surface area contributed by atoms with Gasteiger partial charge in [-0.1, -0.05) is 18.2 Å². The minimum atomic E-state index is -0.765. The van der Waals surface area contributed by atoms with Gasteiger partial charge in [0.2, 0.25) is 0 Å². The number of carbonyl (C=O) groups excluding carboxylic acids is 2. The number of benzene rings is 2. The molecule has 0 bridgehead atoms. The van der Waals surface area contributed by atoms with Gasteiger partial charge in [-0.15, -0.1) is 0 Å². The minimum absolute atomic E-state index is 0.131. The smallest absolute Gasteiger partial charge is 0.262 e. The molecule has 1 heterocycles. The number of nitrogens with zero attached hydrogens (tertiary/aromatic N) is 1. The number of anilines is 1. The Bertz CT molecular complexity index is 909. The number of hydrogen-bond acceptors (Lipinski definition) is 5. The van der Waals surface area contributed by atoms with Crippen molar-refractivity contribution in [1.82, 2.24) is 5.32 Å². The number of fused-ring (bicyclic) bond motifs is 1. The quantitative estimate of drug-likeness (QED) is 0.803. The number of nitrogens with one attached hydrogen (secondary N) is 1. The average molecular weight is 382 g/mol. The normalized spacial score (nSPS) is 15.5. The summed E-state index contributed by atoms with van der Waals surface area (Å²) in [6.07, 6.45) is 2.39. The Kier molecular flexibility index (Phi) is 5.84. The van der Waals surface area contributed by atoms with E-state index in [2.05, 4.69) is 5.32 Å². The molecular formula is C21H22N2O5. The van der Waals surface area contributed by atoms with Crippen molar-refractivity contribution in [2.24, 2.45) is 0 Å². The largest absolute Gasteiger partial charge is 0.493 e. The van der Waals surface area contributed by atoms with Crippen LogP contribution in [0.5, 0.6) is 17.2 Å². The van der Waals surface area contributed by atoms with Gasteiger partial charge in [-0.05, 0) is 35.9 Å². The van der Waals surface area contributed by atoms with Crippen LogP contribution in [0, 0.1) is 0 Å². The maximum absolute atomic E-state index is 12.9. The maximum Gasteiger partial charge on any atom is 0.262 e. The summed E-state index contributed by atoms with van der Waals surface area (Å²) in [5, 5.41) is 2.56. The molecule has 0 saturated carbocycles. The molecule has 0 aliphatic carbocycles. The average Bonchev–Trinajstić information content (AvgIpc) is 2.75. The predicted octanol–water partition coefficient (Wildman–Crippen LogP) is 2.26. The Hall–Kier alpha value is -3.48. The van der Waals surface area contributed by atoms with Gasteiger partial charge in [-0.3, -0.25) is 9.59 Å². The molecule has 1 N–H and O–H groups in total. The SMILES string of the molecule is CNC(=O)[C@@H]1CN(C(=O)/C=C/c2ccc(OC)c(OC)c2)c2ccccc2O1. The van der Waals surface area contributed by atoms with Gasteiger partial charge in [-0.2, -0.15) is 0 Å². The summed E-state index contributed by atoms with van der Waals surface area (Å²) in [5.41, 5.74) is 1.42. The zero-order chi connectivity index (χ0) is 20.1. The van der Waals surface area contributed by atoms with E-state index in [1.165, 1.54) is 18.0 Å². The van der Waals surface area contributed by atoms with Crippen LogP contribution in [0.1, 0.15) is 5.56 Å². The van der Waals surface area contributed by atoms with Gasteiger partial charge in [0.1, 0.15) is 5.75 Å². The highest BCUT2D eigenvalue weighted by Crippen LogP contribution is 2.33. The highest BCUT2D eigenvalue weighted by Gasteiger charge is 2.32. The van der Waals surface area contributed by atoms with E-state index in [1.54, 1.807) is 50.6 Å². The molecule has 1 atom stereocenters. The van der Waals surface area contributed by atoms with Gasteiger partial charge < -0.3 is 24.4 Å². The van der Waals surface area contributed by atoms with Crippen LogP contribution >= 0.6 is 0 Å². The molecule has 2 amide bonds. The van der Waals surface area contributed by atoms with Crippen molar-refractivity contribution in [2.75, 3.05) is 32.7 Å². The molecule has 0 fully saturated rings. The molecular weight excluding hydrogens is 360 g/mol. The Morgan fingerprint density at radius 3 is 2.61 bits per heavy atom. The third-order valence-electron chi connectivity index (χ3n) is 4.40. The van der Waals surface area contributed by atoms with Crippen LogP contribution in [-0.2, 0) is 9.59 Å². The fourth-order valence-corrected chi connectivity index (χ4v) is 2.95. The van der Waals surface area contributed by atoms with E-state index in [0.717, 1.165) is 5.56 Å². The number of rotatable bonds is 5. The summed E-state index contributed by atoms with van der Waals surface area (Å²) in [7, 11) is 4.66. The van der Waals surface area contributed by atoms with E-state index in [-0.39, 0.29) is 18.4 Å². The topological polar surface area (TPSA) is 77.1 Å². The summed E-state index contributed by atoms with van der Waals surface area (Å²) in [5.74, 6) is 1.15. The van der Waals surface area contributed by atoms with Crippen molar-refractivity contribution < 1.29 is 23.8 Å². The van der Waals surface area contributed by atoms with Crippen molar-refractivity contribution in [3.8, 4) is 17.2 Å². The first-order chi connectivity index (χ1) is 13.6. The van der Waals surface area contributed by atoms with E-state index in [1.807, 2.05) is 12.1 Å². The van der Waals surface area contributed by atoms with Crippen LogP contribution in [-0.4, -0.2) is 45.7 Å². The van der Waals surface area contributed by atoms with Gasteiger partial charge in [0.25, 0.3) is 11.8 Å². The highest BCUT2D eigenvalue weighted by molar-refractivity contribution is 6.05. The van der Waals surface area contributed by atoms with Crippen LogP contribution in [0.15, 0.2) is 48.5 Å². The number of likely N-dealkylation sites (N-methyl/N-ethyl adjacent to an activating group) is 1. The van der Waals surface area contributed by atoms with Gasteiger partial charge in [0.15, 0.2) is 17.6 Å². The molecule has 0 spiro atoms. The summed E-state index contributed by atoms with van der Waals surface area (Å²) >= 11 is 0. The molecule has 0 unspecified atom stereocenters. The van der Waals surface area contributed by atoms with Crippen molar-refractivity contribution in [2.45, 2.75) is 6.10 Å². The van der Waals surface area contributed by atoms with Gasteiger partial charge in [-0.25, -0.2) is 0 Å². The monoisotopic (exact) mass is 382 g/mol. The van der Waals surface area contributed by atoms with E-state index in [4.69, 9.17) is 14.2 Å². The lowest BCUT2D eigenvalue weighted by Gasteiger charge is -2.33. The summed E-state index contributed by atoms with van der Waals surface area (Å²) in [6.45, 7) is 0.131. The summed E-state index contributed by atoms with van der Waals surface area (Å²) < 4.78 is 16.2. The Morgan fingerprint density at radius 1 is 1.14 bits per heavy atom. The number of carbonyl (C=O) groups is 2. The molecule has 28 heavy (non-hydrogen) atoms. The molecule has 0 saturated heterocycles. The van der Waals surface area contributed by atoms with Crippen LogP contribution in [0.25, 0.3) is 6.08 Å². The molecule has 3 rings (SSSR count). The molecule has 1 aliphatic heterocycles. The Balaban J connectivity index is 1.85. The minimum Gasteiger partial charge on any atom is -0.493 e. The summed E-state index contributed by atoms with van der Waals surface area (Å²) in [4.78, 5) is 26.4. The molecule has 2 aromatic carbocycles. The van der Waals surface area contributed by atoms with Crippen LogP contribution in [0.3, 0.4) is 0 Å². The first kappa shape index (κ1) is 19.3. The van der Waals surface area contributed by atoms with Crippen molar-refractivity contribution >= 4 is 23.6 Å². The molecule has 7 nitrogen and oxygen atoms in total. The molecule has 7 heteroatoms. The van der Waals surface area contributed by atoms with Crippen LogP contribution < -0.4 is 24.4 Å². The van der Waals surface area contributed by atoms with Gasteiger partial charge in [0.05, 0.1) is 26.5 Å². The lowest BCUT2D eigenvalue weighted by molar-refractivity contribution is -0.127. The van der Waals surface area contributed by atoms with Gasteiger partial charge in [0, 0.05) is 13.1 Å². The third-order valence-corrected chi connectivity index (χ3v) is 4.40. The highest BCUT2D eigenvalue weighted by atomic mass is 16.5. The predicted molar refractivity (Wildman–Crippen MR) is 106 cm³/mol. The standard InChI is InChI=1S/C21H22N2O5/c1-22-21(25)19-13-23(15-6-4-5-7-16(15)28-19)20(24)11-9-14-8-10-17(26-2)18(12-14)27-3/h4-12,19H,13H2,1-3H3,(H,22,25)/b11-9+/t19-/m0/s1. The second kappa shape index (κ2) is 8.47. The number of hydrogen-bond donors (Lipinski definition) is 1. The molecule has 146 valence electrons.